The molecule has 0 unspecified atom stereocenters. The second kappa shape index (κ2) is 9.96. The Morgan fingerprint density at radius 1 is 0.529 bits per heavy atom. The van der Waals surface area contributed by atoms with Crippen LogP contribution in [-0.2, 0) is 20.8 Å². The fourth-order valence-corrected chi connectivity index (χ4v) is 4.30. The van der Waals surface area contributed by atoms with Crippen molar-refractivity contribution in [1.82, 2.24) is 0 Å². The van der Waals surface area contributed by atoms with Gasteiger partial charge in [-0.2, -0.15) is 0 Å². The standard InChI is InChI=1S/C30H26O4/c31-27(22-29(33,23-13-5-1-6-14-23)24-15-7-2-8-16-24)21-28(32)30(34,25-17-9-3-10-18-25)26-19-11-4-12-20-26/h1-20,33-34H,21-22H2. The van der Waals surface area contributed by atoms with Crippen LogP contribution in [0.15, 0.2) is 121 Å². The van der Waals surface area contributed by atoms with Crippen molar-refractivity contribution >= 4 is 11.6 Å². The summed E-state index contributed by atoms with van der Waals surface area (Å²) in [7, 11) is 0. The fourth-order valence-electron chi connectivity index (χ4n) is 4.30. The van der Waals surface area contributed by atoms with Crippen LogP contribution in [0.25, 0.3) is 0 Å². The molecule has 0 aliphatic heterocycles. The van der Waals surface area contributed by atoms with Crippen molar-refractivity contribution in [1.29, 1.82) is 0 Å². The van der Waals surface area contributed by atoms with E-state index < -0.39 is 29.2 Å². The average Bonchev–Trinajstić information content (AvgIpc) is 2.90. The molecule has 0 bridgehead atoms. The number of carbonyl (C=O) groups excluding carboxylic acids is 2. The van der Waals surface area contributed by atoms with Gasteiger partial charge in [-0.3, -0.25) is 9.59 Å². The van der Waals surface area contributed by atoms with E-state index in [0.29, 0.717) is 22.3 Å². The van der Waals surface area contributed by atoms with Crippen LogP contribution in [0.5, 0.6) is 0 Å². The molecule has 0 spiro atoms. The van der Waals surface area contributed by atoms with E-state index in [2.05, 4.69) is 0 Å². The maximum atomic E-state index is 13.5. The molecule has 0 aliphatic rings. The lowest BCUT2D eigenvalue weighted by molar-refractivity contribution is -0.139. The third-order valence-electron chi connectivity index (χ3n) is 6.10. The molecule has 0 radical (unpaired) electrons. The SMILES string of the molecule is O=C(CC(=O)C(O)(c1ccccc1)c1ccccc1)CC(O)(c1ccccc1)c1ccccc1. The van der Waals surface area contributed by atoms with Gasteiger partial charge >= 0.3 is 0 Å². The quantitative estimate of drug-likeness (QED) is 0.360. The molecule has 2 N–H and O–H groups in total. The highest BCUT2D eigenvalue weighted by molar-refractivity contribution is 6.05. The predicted octanol–water partition coefficient (Wildman–Crippen LogP) is 4.78. The summed E-state index contributed by atoms with van der Waals surface area (Å²) in [5.41, 5.74) is -1.68. The van der Waals surface area contributed by atoms with E-state index >= 15 is 0 Å². The van der Waals surface area contributed by atoms with E-state index in [4.69, 9.17) is 0 Å². The van der Waals surface area contributed by atoms with Gasteiger partial charge in [-0.15, -0.1) is 0 Å². The van der Waals surface area contributed by atoms with Gasteiger partial charge in [0.05, 0.1) is 6.42 Å². The molecule has 4 aromatic carbocycles. The van der Waals surface area contributed by atoms with Crippen LogP contribution in [0.1, 0.15) is 35.1 Å². The van der Waals surface area contributed by atoms with E-state index in [-0.39, 0.29) is 6.42 Å². The predicted molar refractivity (Wildman–Crippen MR) is 131 cm³/mol. The topological polar surface area (TPSA) is 74.6 Å². The number of carbonyl (C=O) groups is 2. The third kappa shape index (κ3) is 4.60. The molecule has 0 atom stereocenters. The van der Waals surface area contributed by atoms with Crippen molar-refractivity contribution in [2.24, 2.45) is 0 Å². The molecule has 4 heteroatoms. The summed E-state index contributed by atoms with van der Waals surface area (Å²) in [6, 6.07) is 35.1. The van der Waals surface area contributed by atoms with Crippen LogP contribution in [0.2, 0.25) is 0 Å². The molecule has 0 fully saturated rings. The van der Waals surface area contributed by atoms with Crippen molar-refractivity contribution in [3.63, 3.8) is 0 Å². The van der Waals surface area contributed by atoms with Gasteiger partial charge in [-0.25, -0.2) is 0 Å². The van der Waals surface area contributed by atoms with Crippen LogP contribution in [0.4, 0.5) is 0 Å². The first-order valence-corrected chi connectivity index (χ1v) is 11.2. The third-order valence-corrected chi connectivity index (χ3v) is 6.10. The zero-order chi connectivity index (χ0) is 24.0. The van der Waals surface area contributed by atoms with Crippen LogP contribution < -0.4 is 0 Å². The van der Waals surface area contributed by atoms with E-state index in [1.807, 2.05) is 12.1 Å². The van der Waals surface area contributed by atoms with Gasteiger partial charge < -0.3 is 10.2 Å². The maximum Gasteiger partial charge on any atom is 0.180 e. The first-order valence-electron chi connectivity index (χ1n) is 11.2. The number of Topliss-reactive ketones (excluding diaryl/α,β-unsaturated/α-hetero) is 2. The van der Waals surface area contributed by atoms with Crippen LogP contribution >= 0.6 is 0 Å². The second-order valence-electron chi connectivity index (χ2n) is 8.35. The van der Waals surface area contributed by atoms with Gasteiger partial charge in [0, 0.05) is 6.42 Å². The summed E-state index contributed by atoms with van der Waals surface area (Å²) in [6.07, 6.45) is -0.825. The van der Waals surface area contributed by atoms with Crippen LogP contribution in [0.3, 0.4) is 0 Å². The minimum Gasteiger partial charge on any atom is -0.380 e. The van der Waals surface area contributed by atoms with Crippen molar-refractivity contribution in [2.75, 3.05) is 0 Å². The number of benzene rings is 4. The number of aliphatic hydroxyl groups is 2. The minimum atomic E-state index is -1.98. The Labute approximate surface area is 199 Å². The molecule has 4 nitrogen and oxygen atoms in total. The van der Waals surface area contributed by atoms with Gasteiger partial charge in [-0.05, 0) is 22.3 Å². The highest BCUT2D eigenvalue weighted by Gasteiger charge is 2.42. The van der Waals surface area contributed by atoms with Gasteiger partial charge in [-0.1, -0.05) is 121 Å². The first-order chi connectivity index (χ1) is 16.4. The van der Waals surface area contributed by atoms with Crippen LogP contribution in [0, 0.1) is 0 Å². The summed E-state index contributed by atoms with van der Waals surface area (Å²) in [4.78, 5) is 26.7. The molecule has 4 rings (SSSR count). The smallest absolute Gasteiger partial charge is 0.180 e. The van der Waals surface area contributed by atoms with E-state index in [1.54, 1.807) is 109 Å². The molecule has 170 valence electrons. The lowest BCUT2D eigenvalue weighted by Crippen LogP contribution is -2.39. The largest absolute Gasteiger partial charge is 0.380 e. The summed E-state index contributed by atoms with van der Waals surface area (Å²) in [6.45, 7) is 0. The molecular weight excluding hydrogens is 424 g/mol. The van der Waals surface area contributed by atoms with Gasteiger partial charge in [0.25, 0.3) is 0 Å². The lowest BCUT2D eigenvalue weighted by atomic mass is 9.78. The summed E-state index contributed by atoms with van der Waals surface area (Å²) >= 11 is 0. The number of rotatable bonds is 9. The van der Waals surface area contributed by atoms with Gasteiger partial charge in [0.2, 0.25) is 0 Å². The van der Waals surface area contributed by atoms with Crippen molar-refractivity contribution < 1.29 is 19.8 Å². The molecule has 0 amide bonds. The van der Waals surface area contributed by atoms with Crippen molar-refractivity contribution in [2.45, 2.75) is 24.0 Å². The summed E-state index contributed by atoms with van der Waals surface area (Å²) in [5, 5.41) is 23.3. The first kappa shape index (κ1) is 23.3. The lowest BCUT2D eigenvalue weighted by Gasteiger charge is -2.30. The molecule has 34 heavy (non-hydrogen) atoms. The minimum absolute atomic E-state index is 0.299. The molecular formula is C30H26O4. The number of ketones is 2. The molecule has 0 aliphatic carbocycles. The monoisotopic (exact) mass is 450 g/mol. The molecule has 0 saturated heterocycles. The Hall–Kier alpha value is -3.86. The van der Waals surface area contributed by atoms with Crippen molar-refractivity contribution in [3.05, 3.63) is 144 Å². The summed E-state index contributed by atoms with van der Waals surface area (Å²) in [5.74, 6) is -1.11. The average molecular weight is 451 g/mol. The van der Waals surface area contributed by atoms with Crippen molar-refractivity contribution in [3.8, 4) is 0 Å². The van der Waals surface area contributed by atoms with E-state index in [9.17, 15) is 19.8 Å². The second-order valence-corrected chi connectivity index (χ2v) is 8.35. The number of hydrogen-bond donors (Lipinski definition) is 2. The highest BCUT2D eigenvalue weighted by Crippen LogP contribution is 2.35. The Morgan fingerprint density at radius 2 is 0.853 bits per heavy atom. The molecule has 0 aromatic heterocycles. The van der Waals surface area contributed by atoms with Crippen LogP contribution in [-0.4, -0.2) is 21.8 Å². The number of hydrogen-bond acceptors (Lipinski definition) is 4. The molecule has 4 aromatic rings. The molecule has 0 saturated carbocycles. The normalized spacial score (nSPS) is 11.7. The zero-order valence-corrected chi connectivity index (χ0v) is 18.7. The molecule has 0 heterocycles. The maximum absolute atomic E-state index is 13.5. The van der Waals surface area contributed by atoms with E-state index in [1.165, 1.54) is 0 Å². The Balaban J connectivity index is 1.66. The van der Waals surface area contributed by atoms with Gasteiger partial charge in [0.15, 0.2) is 11.4 Å². The van der Waals surface area contributed by atoms with E-state index in [0.717, 1.165) is 0 Å². The Morgan fingerprint density at radius 3 is 1.21 bits per heavy atom. The fraction of sp³-hybridized carbons (Fsp3) is 0.133. The van der Waals surface area contributed by atoms with Gasteiger partial charge in [0.1, 0.15) is 11.4 Å². The Bertz CT molecular complexity index is 1160. The summed E-state index contributed by atoms with van der Waals surface area (Å²) < 4.78 is 0. The highest BCUT2D eigenvalue weighted by atomic mass is 16.3. The zero-order valence-electron chi connectivity index (χ0n) is 18.7. The Kier molecular flexibility index (Phi) is 6.82.